The van der Waals surface area contributed by atoms with Gasteiger partial charge in [0, 0.05) is 25.7 Å². The van der Waals surface area contributed by atoms with Crippen LogP contribution in [0, 0.1) is 0 Å². The summed E-state index contributed by atoms with van der Waals surface area (Å²) in [6.07, 6.45) is 2.92. The van der Waals surface area contributed by atoms with Gasteiger partial charge in [-0.3, -0.25) is 9.59 Å². The van der Waals surface area contributed by atoms with Gasteiger partial charge in [0.1, 0.15) is 11.4 Å². The molecule has 1 aliphatic heterocycles. The quantitative estimate of drug-likeness (QED) is 0.536. The van der Waals surface area contributed by atoms with E-state index in [2.05, 4.69) is 22.8 Å². The normalized spacial score (nSPS) is 14.8. The van der Waals surface area contributed by atoms with Crippen molar-refractivity contribution in [2.75, 3.05) is 36.9 Å². The Morgan fingerprint density at radius 3 is 2.46 bits per heavy atom. The molecule has 3 rings (SSSR count). The number of hydrogen-bond donors (Lipinski definition) is 2. The molecule has 0 bridgehead atoms. The summed E-state index contributed by atoms with van der Waals surface area (Å²) in [5.41, 5.74) is 1.12. The molecule has 2 N–H and O–H groups in total. The second-order valence-corrected chi connectivity index (χ2v) is 7.03. The molecule has 1 fully saturated rings. The van der Waals surface area contributed by atoms with Crippen LogP contribution in [-0.2, 0) is 11.2 Å². The van der Waals surface area contributed by atoms with Gasteiger partial charge in [-0.05, 0) is 38.2 Å². The number of rotatable bonds is 8. The van der Waals surface area contributed by atoms with E-state index in [9.17, 15) is 14.4 Å². The summed E-state index contributed by atoms with van der Waals surface area (Å²) in [6.45, 7) is 3.93. The van der Waals surface area contributed by atoms with E-state index in [1.807, 2.05) is 18.2 Å². The zero-order valence-corrected chi connectivity index (χ0v) is 16.2. The number of ether oxygens (including phenoxy) is 1. The van der Waals surface area contributed by atoms with Gasteiger partial charge in [-0.2, -0.15) is 0 Å². The van der Waals surface area contributed by atoms with E-state index in [4.69, 9.17) is 4.74 Å². The van der Waals surface area contributed by atoms with E-state index in [1.54, 1.807) is 11.8 Å². The van der Waals surface area contributed by atoms with Crippen molar-refractivity contribution in [2.45, 2.75) is 38.6 Å². The van der Waals surface area contributed by atoms with Crippen molar-refractivity contribution in [3.8, 4) is 0 Å². The summed E-state index contributed by atoms with van der Waals surface area (Å²) in [5, 5.41) is 6.32. The predicted molar refractivity (Wildman–Crippen MR) is 110 cm³/mol. The zero-order chi connectivity index (χ0) is 19.9. The van der Waals surface area contributed by atoms with Gasteiger partial charge in [0.15, 0.2) is 0 Å². The van der Waals surface area contributed by atoms with Crippen molar-refractivity contribution < 1.29 is 9.53 Å². The number of hydrogen-bond acceptors (Lipinski definition) is 6. The molecular formula is C21H27N3O4. The fourth-order valence-corrected chi connectivity index (χ4v) is 3.47. The van der Waals surface area contributed by atoms with Gasteiger partial charge in [0.25, 0.3) is 10.9 Å². The maximum Gasteiger partial charge on any atom is 0.409 e. The topological polar surface area (TPSA) is 87.7 Å². The summed E-state index contributed by atoms with van der Waals surface area (Å²) in [5.74, 6) is 0. The summed E-state index contributed by atoms with van der Waals surface area (Å²) < 4.78 is 5.01. The first kappa shape index (κ1) is 19.9. The number of nitrogens with zero attached hydrogens (tertiary/aromatic N) is 1. The minimum absolute atomic E-state index is 0.0684. The van der Waals surface area contributed by atoms with E-state index in [0.29, 0.717) is 50.5 Å². The first-order chi connectivity index (χ1) is 13.6. The Morgan fingerprint density at radius 2 is 1.79 bits per heavy atom. The fourth-order valence-electron chi connectivity index (χ4n) is 3.47. The van der Waals surface area contributed by atoms with Crippen molar-refractivity contribution >= 4 is 17.5 Å². The Morgan fingerprint density at radius 1 is 1.11 bits per heavy atom. The van der Waals surface area contributed by atoms with Gasteiger partial charge in [-0.15, -0.1) is 0 Å². The maximum absolute atomic E-state index is 12.0. The maximum atomic E-state index is 12.0. The number of piperidine rings is 1. The lowest BCUT2D eigenvalue weighted by Gasteiger charge is -2.32. The van der Waals surface area contributed by atoms with E-state index >= 15 is 0 Å². The van der Waals surface area contributed by atoms with E-state index < -0.39 is 10.9 Å². The Labute approximate surface area is 164 Å². The summed E-state index contributed by atoms with van der Waals surface area (Å²) in [4.78, 5) is 37.3. The highest BCUT2D eigenvalue weighted by molar-refractivity contribution is 5.74. The largest absolute Gasteiger partial charge is 0.450 e. The van der Waals surface area contributed by atoms with Gasteiger partial charge in [0.05, 0.1) is 6.61 Å². The molecule has 1 saturated heterocycles. The Hall–Kier alpha value is -2.83. The number of likely N-dealkylation sites (tertiary alicyclic amines) is 1. The SMILES string of the molecule is CCOC(=O)N1CCC(Nc2c(NCCCc3ccccc3)c(=O)c2=O)CC1. The van der Waals surface area contributed by atoms with E-state index in [0.717, 1.165) is 12.8 Å². The van der Waals surface area contributed by atoms with Crippen molar-refractivity contribution in [1.82, 2.24) is 4.90 Å². The van der Waals surface area contributed by atoms with Crippen LogP contribution in [0.4, 0.5) is 16.2 Å². The highest BCUT2D eigenvalue weighted by Crippen LogP contribution is 2.20. The first-order valence-electron chi connectivity index (χ1n) is 9.89. The van der Waals surface area contributed by atoms with Gasteiger partial charge in [0.2, 0.25) is 0 Å². The monoisotopic (exact) mass is 385 g/mol. The van der Waals surface area contributed by atoms with Crippen molar-refractivity contribution in [3.05, 3.63) is 56.3 Å². The molecule has 0 aromatic heterocycles. The number of amides is 1. The molecule has 0 aliphatic carbocycles. The number of aryl methyl sites for hydroxylation is 1. The summed E-state index contributed by atoms with van der Waals surface area (Å²) in [6, 6.07) is 10.2. The van der Waals surface area contributed by atoms with Crippen LogP contribution >= 0.6 is 0 Å². The zero-order valence-electron chi connectivity index (χ0n) is 16.2. The standard InChI is InChI=1S/C21H27N3O4/c1-2-28-21(27)24-13-10-16(11-14-24)23-18-17(19(25)20(18)26)22-12-6-9-15-7-4-3-5-8-15/h3-5,7-8,16,22-23H,2,6,9-14H2,1H3. The van der Waals surface area contributed by atoms with E-state index in [-0.39, 0.29) is 12.1 Å². The third kappa shape index (κ3) is 4.71. The third-order valence-electron chi connectivity index (χ3n) is 5.07. The average Bonchev–Trinajstić information content (AvgIpc) is 2.73. The highest BCUT2D eigenvalue weighted by atomic mass is 16.6. The lowest BCUT2D eigenvalue weighted by Crippen LogP contribution is -2.45. The Balaban J connectivity index is 1.47. The van der Waals surface area contributed by atoms with Crippen LogP contribution in [0.25, 0.3) is 0 Å². The fraction of sp³-hybridized carbons (Fsp3) is 0.476. The molecule has 7 heteroatoms. The molecule has 1 aliphatic rings. The minimum Gasteiger partial charge on any atom is -0.450 e. The Bertz CT molecular complexity index is 850. The van der Waals surface area contributed by atoms with Crippen LogP contribution in [0.5, 0.6) is 0 Å². The first-order valence-corrected chi connectivity index (χ1v) is 9.89. The second kappa shape index (κ2) is 9.39. The molecule has 0 unspecified atom stereocenters. The van der Waals surface area contributed by atoms with Crippen LogP contribution < -0.4 is 21.5 Å². The molecule has 1 heterocycles. The average molecular weight is 385 g/mol. The number of carbonyl (C=O) groups excluding carboxylic acids is 1. The molecule has 150 valence electrons. The third-order valence-corrected chi connectivity index (χ3v) is 5.07. The molecule has 0 spiro atoms. The molecular weight excluding hydrogens is 358 g/mol. The highest BCUT2D eigenvalue weighted by Gasteiger charge is 2.27. The van der Waals surface area contributed by atoms with Gasteiger partial charge >= 0.3 is 6.09 Å². The van der Waals surface area contributed by atoms with Crippen LogP contribution in [-0.4, -0.2) is 43.3 Å². The smallest absolute Gasteiger partial charge is 0.409 e. The molecule has 1 amide bonds. The van der Waals surface area contributed by atoms with Crippen LogP contribution in [0.15, 0.2) is 39.9 Å². The molecule has 0 saturated carbocycles. The van der Waals surface area contributed by atoms with E-state index in [1.165, 1.54) is 5.56 Å². The lowest BCUT2D eigenvalue weighted by molar-refractivity contribution is 0.0983. The van der Waals surface area contributed by atoms with Crippen LogP contribution in [0.3, 0.4) is 0 Å². The number of carbonyl (C=O) groups is 1. The Kier molecular flexibility index (Phi) is 6.68. The number of benzene rings is 1. The molecule has 7 nitrogen and oxygen atoms in total. The second-order valence-electron chi connectivity index (χ2n) is 7.03. The van der Waals surface area contributed by atoms with Crippen molar-refractivity contribution in [1.29, 1.82) is 0 Å². The molecule has 0 atom stereocenters. The summed E-state index contributed by atoms with van der Waals surface area (Å²) in [7, 11) is 0. The van der Waals surface area contributed by atoms with Crippen LogP contribution in [0.2, 0.25) is 0 Å². The lowest BCUT2D eigenvalue weighted by atomic mass is 10.0. The van der Waals surface area contributed by atoms with Crippen molar-refractivity contribution in [3.63, 3.8) is 0 Å². The van der Waals surface area contributed by atoms with Crippen molar-refractivity contribution in [2.24, 2.45) is 0 Å². The number of nitrogens with one attached hydrogen (secondary N) is 2. The predicted octanol–water partition coefficient (Wildman–Crippen LogP) is 2.36. The van der Waals surface area contributed by atoms with Crippen LogP contribution in [0.1, 0.15) is 31.7 Å². The summed E-state index contributed by atoms with van der Waals surface area (Å²) >= 11 is 0. The molecule has 2 aromatic rings. The molecule has 0 radical (unpaired) electrons. The number of anilines is 2. The van der Waals surface area contributed by atoms with Gasteiger partial charge in [-0.25, -0.2) is 4.79 Å². The molecule has 28 heavy (non-hydrogen) atoms. The van der Waals surface area contributed by atoms with Gasteiger partial charge in [-0.1, -0.05) is 30.3 Å². The minimum atomic E-state index is -0.460. The molecule has 2 aromatic carbocycles. The van der Waals surface area contributed by atoms with Gasteiger partial charge < -0.3 is 20.3 Å².